The van der Waals surface area contributed by atoms with Crippen molar-refractivity contribution in [3.63, 3.8) is 0 Å². The smallest absolute Gasteiger partial charge is 0.254 e. The van der Waals surface area contributed by atoms with Gasteiger partial charge in [-0.1, -0.05) is 46.1 Å². The molecule has 0 heterocycles. The first-order valence-electron chi connectivity index (χ1n) is 7.40. The summed E-state index contributed by atoms with van der Waals surface area (Å²) >= 11 is 0. The van der Waals surface area contributed by atoms with Crippen LogP contribution < -0.4 is 5.32 Å². The van der Waals surface area contributed by atoms with Gasteiger partial charge in [-0.3, -0.25) is 4.79 Å². The molecular weight excluding hydrogens is 253 g/mol. The topological polar surface area (TPSA) is 29.1 Å². The standard InChI is InChI=1S/C17H26FNO/c1-5-6-7-10-17(3,4)12-19-16(20)14-9-8-13(2)11-15(14)18/h8-9,11H,5-7,10,12H2,1-4H3,(H,19,20). The van der Waals surface area contributed by atoms with Crippen molar-refractivity contribution < 1.29 is 9.18 Å². The lowest BCUT2D eigenvalue weighted by molar-refractivity contribution is 0.0930. The zero-order valence-electron chi connectivity index (χ0n) is 13.1. The molecule has 3 heteroatoms. The third-order valence-corrected chi connectivity index (χ3v) is 3.55. The van der Waals surface area contributed by atoms with E-state index in [0.29, 0.717) is 6.54 Å². The molecule has 1 rings (SSSR count). The Labute approximate surface area is 121 Å². The van der Waals surface area contributed by atoms with Gasteiger partial charge in [-0.25, -0.2) is 4.39 Å². The number of hydrogen-bond donors (Lipinski definition) is 1. The fraction of sp³-hybridized carbons (Fsp3) is 0.588. The van der Waals surface area contributed by atoms with Gasteiger partial charge in [-0.15, -0.1) is 0 Å². The van der Waals surface area contributed by atoms with E-state index < -0.39 is 5.82 Å². The van der Waals surface area contributed by atoms with Crippen LogP contribution in [0.2, 0.25) is 0 Å². The molecule has 0 aromatic heterocycles. The minimum atomic E-state index is -0.453. The number of aryl methyl sites for hydroxylation is 1. The first kappa shape index (κ1) is 16.7. The summed E-state index contributed by atoms with van der Waals surface area (Å²) in [6.07, 6.45) is 4.64. The predicted molar refractivity (Wildman–Crippen MR) is 81.4 cm³/mol. The lowest BCUT2D eigenvalue weighted by Gasteiger charge is -2.25. The fourth-order valence-electron chi connectivity index (χ4n) is 2.16. The van der Waals surface area contributed by atoms with Crippen LogP contribution in [-0.2, 0) is 0 Å². The molecule has 0 saturated carbocycles. The molecule has 0 aliphatic carbocycles. The second kappa shape index (κ2) is 7.41. The maximum absolute atomic E-state index is 13.7. The zero-order chi connectivity index (χ0) is 15.2. The highest BCUT2D eigenvalue weighted by molar-refractivity contribution is 5.94. The average molecular weight is 279 g/mol. The number of amides is 1. The Morgan fingerprint density at radius 1 is 1.30 bits per heavy atom. The van der Waals surface area contributed by atoms with Gasteiger partial charge in [0.2, 0.25) is 0 Å². The number of hydrogen-bond acceptors (Lipinski definition) is 1. The van der Waals surface area contributed by atoms with Crippen LogP contribution in [0.1, 0.15) is 62.4 Å². The lowest BCUT2D eigenvalue weighted by atomic mass is 9.87. The summed E-state index contributed by atoms with van der Waals surface area (Å²) in [5.41, 5.74) is 0.991. The van der Waals surface area contributed by atoms with Crippen molar-refractivity contribution in [3.05, 3.63) is 35.1 Å². The van der Waals surface area contributed by atoms with Crippen LogP contribution in [0, 0.1) is 18.2 Å². The second-order valence-electron chi connectivity index (χ2n) is 6.29. The van der Waals surface area contributed by atoms with E-state index in [0.717, 1.165) is 18.4 Å². The molecule has 2 nitrogen and oxygen atoms in total. The number of rotatable bonds is 7. The van der Waals surface area contributed by atoms with Crippen LogP contribution >= 0.6 is 0 Å². The van der Waals surface area contributed by atoms with E-state index >= 15 is 0 Å². The highest BCUT2D eigenvalue weighted by atomic mass is 19.1. The summed E-state index contributed by atoms with van der Waals surface area (Å²) in [7, 11) is 0. The molecule has 0 atom stereocenters. The summed E-state index contributed by atoms with van der Waals surface area (Å²) in [5.74, 6) is -0.780. The third-order valence-electron chi connectivity index (χ3n) is 3.55. The van der Waals surface area contributed by atoms with Gasteiger partial charge in [0.05, 0.1) is 5.56 Å². The normalized spacial score (nSPS) is 11.4. The average Bonchev–Trinajstić information content (AvgIpc) is 2.36. The Balaban J connectivity index is 2.54. The van der Waals surface area contributed by atoms with E-state index in [1.807, 2.05) is 6.92 Å². The molecule has 20 heavy (non-hydrogen) atoms. The Bertz CT molecular complexity index is 454. The van der Waals surface area contributed by atoms with Crippen LogP contribution in [0.25, 0.3) is 0 Å². The van der Waals surface area contributed by atoms with Crippen molar-refractivity contribution in [1.29, 1.82) is 0 Å². The third kappa shape index (κ3) is 5.32. The number of nitrogens with one attached hydrogen (secondary N) is 1. The van der Waals surface area contributed by atoms with Gasteiger partial charge in [-0.05, 0) is 36.5 Å². The Hall–Kier alpha value is -1.38. The molecule has 1 aromatic carbocycles. The highest BCUT2D eigenvalue weighted by Gasteiger charge is 2.19. The van der Waals surface area contributed by atoms with Crippen LogP contribution in [0.3, 0.4) is 0 Å². The molecule has 0 spiro atoms. The van der Waals surface area contributed by atoms with Gasteiger partial charge in [-0.2, -0.15) is 0 Å². The van der Waals surface area contributed by atoms with Crippen molar-refractivity contribution in [2.75, 3.05) is 6.54 Å². The lowest BCUT2D eigenvalue weighted by Crippen LogP contribution is -2.34. The Morgan fingerprint density at radius 3 is 2.60 bits per heavy atom. The van der Waals surface area contributed by atoms with E-state index in [-0.39, 0.29) is 16.9 Å². The van der Waals surface area contributed by atoms with Crippen LogP contribution in [0.4, 0.5) is 4.39 Å². The summed E-state index contributed by atoms with van der Waals surface area (Å²) < 4.78 is 13.7. The van der Waals surface area contributed by atoms with E-state index in [4.69, 9.17) is 0 Å². The van der Waals surface area contributed by atoms with Gasteiger partial charge in [0.25, 0.3) is 5.91 Å². The van der Waals surface area contributed by atoms with E-state index in [1.54, 1.807) is 12.1 Å². The SMILES string of the molecule is CCCCCC(C)(C)CNC(=O)c1ccc(C)cc1F. The van der Waals surface area contributed by atoms with Gasteiger partial charge in [0.1, 0.15) is 5.82 Å². The summed E-state index contributed by atoms with van der Waals surface area (Å²) in [4.78, 5) is 12.0. The minimum absolute atomic E-state index is 0.0476. The van der Waals surface area contributed by atoms with Gasteiger partial charge < -0.3 is 5.32 Å². The molecule has 1 aromatic rings. The van der Waals surface area contributed by atoms with Crippen molar-refractivity contribution in [1.82, 2.24) is 5.32 Å². The van der Waals surface area contributed by atoms with E-state index in [9.17, 15) is 9.18 Å². The zero-order valence-corrected chi connectivity index (χ0v) is 13.1. The van der Waals surface area contributed by atoms with Gasteiger partial charge >= 0.3 is 0 Å². The fourth-order valence-corrected chi connectivity index (χ4v) is 2.16. The molecule has 1 N–H and O–H groups in total. The number of carbonyl (C=O) groups is 1. The summed E-state index contributed by atoms with van der Waals surface area (Å²) in [5, 5.41) is 2.85. The van der Waals surface area contributed by atoms with Crippen molar-refractivity contribution >= 4 is 5.91 Å². The first-order valence-corrected chi connectivity index (χ1v) is 7.40. The van der Waals surface area contributed by atoms with Gasteiger partial charge in [0.15, 0.2) is 0 Å². The van der Waals surface area contributed by atoms with Gasteiger partial charge in [0, 0.05) is 6.54 Å². The molecule has 0 aliphatic rings. The number of carbonyl (C=O) groups excluding carboxylic acids is 1. The molecule has 0 saturated heterocycles. The quantitative estimate of drug-likeness (QED) is 0.733. The monoisotopic (exact) mass is 279 g/mol. The first-order chi connectivity index (χ1) is 9.35. The Kier molecular flexibility index (Phi) is 6.18. The largest absolute Gasteiger partial charge is 0.351 e. The molecule has 112 valence electrons. The van der Waals surface area contributed by atoms with Crippen LogP contribution in [0.5, 0.6) is 0 Å². The van der Waals surface area contributed by atoms with Crippen molar-refractivity contribution in [2.24, 2.45) is 5.41 Å². The van der Waals surface area contributed by atoms with Crippen molar-refractivity contribution in [2.45, 2.75) is 53.4 Å². The van der Waals surface area contributed by atoms with Crippen molar-refractivity contribution in [3.8, 4) is 0 Å². The summed E-state index contributed by atoms with van der Waals surface area (Å²) in [6.45, 7) is 8.82. The van der Waals surface area contributed by atoms with Crippen LogP contribution in [-0.4, -0.2) is 12.5 Å². The number of unbranched alkanes of at least 4 members (excludes halogenated alkanes) is 2. The van der Waals surface area contributed by atoms with E-state index in [2.05, 4.69) is 26.1 Å². The maximum Gasteiger partial charge on any atom is 0.254 e. The minimum Gasteiger partial charge on any atom is -0.351 e. The molecule has 1 amide bonds. The highest BCUT2D eigenvalue weighted by Crippen LogP contribution is 2.23. The molecule has 0 bridgehead atoms. The molecular formula is C17H26FNO. The maximum atomic E-state index is 13.7. The second-order valence-corrected chi connectivity index (χ2v) is 6.29. The Morgan fingerprint density at radius 2 is 2.00 bits per heavy atom. The van der Waals surface area contributed by atoms with E-state index in [1.165, 1.54) is 18.9 Å². The number of benzene rings is 1. The molecule has 0 radical (unpaired) electrons. The molecule has 0 unspecified atom stereocenters. The molecule has 0 fully saturated rings. The number of halogens is 1. The van der Waals surface area contributed by atoms with Crippen LogP contribution in [0.15, 0.2) is 18.2 Å². The predicted octanol–water partition coefficient (Wildman–Crippen LogP) is 4.47. The summed E-state index contributed by atoms with van der Waals surface area (Å²) in [6, 6.07) is 4.69. The molecule has 0 aliphatic heterocycles.